The second kappa shape index (κ2) is 6.17. The molecule has 21 heavy (non-hydrogen) atoms. The fourth-order valence-electron chi connectivity index (χ4n) is 2.58. The standard InChI is InChI=1S/C14H16F3NO2S/c1-21-10-4-2-8(6-10)18-9-3-5-11(13(19)20)12(7-9)14(15,16)17/h3,5,7-8,10,18H,2,4,6H2,1H3,(H,19,20). The van der Waals surface area contributed by atoms with Crippen molar-refractivity contribution in [2.24, 2.45) is 0 Å². The molecule has 1 aromatic carbocycles. The van der Waals surface area contributed by atoms with Crippen LogP contribution in [0.25, 0.3) is 0 Å². The molecule has 0 saturated heterocycles. The number of hydrogen-bond acceptors (Lipinski definition) is 3. The van der Waals surface area contributed by atoms with Gasteiger partial charge in [0.15, 0.2) is 0 Å². The zero-order valence-electron chi connectivity index (χ0n) is 11.4. The van der Waals surface area contributed by atoms with Crippen molar-refractivity contribution in [3.05, 3.63) is 29.3 Å². The topological polar surface area (TPSA) is 49.3 Å². The molecular formula is C14H16F3NO2S. The zero-order valence-corrected chi connectivity index (χ0v) is 12.2. The number of carbonyl (C=O) groups is 1. The Labute approximate surface area is 124 Å². The first-order valence-electron chi connectivity index (χ1n) is 6.55. The molecule has 0 radical (unpaired) electrons. The van der Waals surface area contributed by atoms with Crippen LogP contribution in [0.5, 0.6) is 0 Å². The van der Waals surface area contributed by atoms with Crippen molar-refractivity contribution in [1.29, 1.82) is 0 Å². The average molecular weight is 319 g/mol. The monoisotopic (exact) mass is 319 g/mol. The number of nitrogens with one attached hydrogen (secondary N) is 1. The van der Waals surface area contributed by atoms with Crippen LogP contribution in [0.1, 0.15) is 35.2 Å². The number of benzene rings is 1. The van der Waals surface area contributed by atoms with Crippen LogP contribution >= 0.6 is 11.8 Å². The van der Waals surface area contributed by atoms with Crippen molar-refractivity contribution in [3.8, 4) is 0 Å². The van der Waals surface area contributed by atoms with Gasteiger partial charge in [0.1, 0.15) is 0 Å². The third-order valence-corrected chi connectivity index (χ3v) is 4.74. The van der Waals surface area contributed by atoms with Gasteiger partial charge < -0.3 is 10.4 Å². The van der Waals surface area contributed by atoms with Gasteiger partial charge in [0.2, 0.25) is 0 Å². The van der Waals surface area contributed by atoms with Crippen molar-refractivity contribution in [2.75, 3.05) is 11.6 Å². The lowest BCUT2D eigenvalue weighted by Crippen LogP contribution is -2.18. The molecule has 0 heterocycles. The fraction of sp³-hybridized carbons (Fsp3) is 0.500. The van der Waals surface area contributed by atoms with E-state index >= 15 is 0 Å². The molecule has 0 aromatic heterocycles. The highest BCUT2D eigenvalue weighted by atomic mass is 32.2. The second-order valence-electron chi connectivity index (χ2n) is 5.08. The SMILES string of the molecule is CSC1CCC(Nc2ccc(C(=O)O)c(C(F)(F)F)c2)C1. The summed E-state index contributed by atoms with van der Waals surface area (Å²) in [6.07, 6.45) is 0.203. The number of rotatable bonds is 4. The molecule has 2 atom stereocenters. The largest absolute Gasteiger partial charge is 0.478 e. The number of aromatic carboxylic acids is 1. The quantitative estimate of drug-likeness (QED) is 0.877. The lowest BCUT2D eigenvalue weighted by Gasteiger charge is -2.17. The summed E-state index contributed by atoms with van der Waals surface area (Å²) >= 11 is 1.76. The number of alkyl halides is 3. The van der Waals surface area contributed by atoms with Crippen LogP contribution < -0.4 is 5.32 Å². The maximum absolute atomic E-state index is 12.9. The Balaban J connectivity index is 2.20. The third-order valence-electron chi connectivity index (χ3n) is 3.64. The van der Waals surface area contributed by atoms with E-state index in [1.807, 2.05) is 6.26 Å². The molecule has 1 aromatic rings. The van der Waals surface area contributed by atoms with Gasteiger partial charge in [-0.15, -0.1) is 0 Å². The number of carboxylic acid groups (broad SMARTS) is 1. The van der Waals surface area contributed by atoms with Crippen LogP contribution in [-0.4, -0.2) is 28.6 Å². The second-order valence-corrected chi connectivity index (χ2v) is 6.21. The molecular weight excluding hydrogens is 303 g/mol. The van der Waals surface area contributed by atoms with Gasteiger partial charge in [0, 0.05) is 17.0 Å². The minimum atomic E-state index is -4.68. The molecule has 2 rings (SSSR count). The molecule has 0 spiro atoms. The van der Waals surface area contributed by atoms with Crippen LogP contribution in [-0.2, 0) is 6.18 Å². The number of hydrogen-bond donors (Lipinski definition) is 2. The van der Waals surface area contributed by atoms with Gasteiger partial charge >= 0.3 is 12.1 Å². The van der Waals surface area contributed by atoms with E-state index in [-0.39, 0.29) is 6.04 Å². The van der Waals surface area contributed by atoms with E-state index in [0.717, 1.165) is 31.4 Å². The van der Waals surface area contributed by atoms with E-state index in [4.69, 9.17) is 5.11 Å². The predicted octanol–water partition coefficient (Wildman–Crippen LogP) is 4.10. The number of thioether (sulfide) groups is 1. The Morgan fingerprint density at radius 2 is 2.10 bits per heavy atom. The van der Waals surface area contributed by atoms with Crippen molar-refractivity contribution in [2.45, 2.75) is 36.7 Å². The molecule has 1 aliphatic rings. The highest BCUT2D eigenvalue weighted by Gasteiger charge is 2.36. The van der Waals surface area contributed by atoms with Crippen LogP contribution in [0, 0.1) is 0 Å². The summed E-state index contributed by atoms with van der Waals surface area (Å²) < 4.78 is 38.8. The van der Waals surface area contributed by atoms with Gasteiger partial charge in [-0.2, -0.15) is 24.9 Å². The molecule has 7 heteroatoms. The summed E-state index contributed by atoms with van der Waals surface area (Å²) in [7, 11) is 0. The molecule has 1 fully saturated rings. The summed E-state index contributed by atoms with van der Waals surface area (Å²) in [6.45, 7) is 0. The van der Waals surface area contributed by atoms with Crippen molar-refractivity contribution < 1.29 is 23.1 Å². The van der Waals surface area contributed by atoms with E-state index in [1.54, 1.807) is 11.8 Å². The molecule has 3 nitrogen and oxygen atoms in total. The average Bonchev–Trinajstić information content (AvgIpc) is 2.85. The summed E-state index contributed by atoms with van der Waals surface area (Å²) in [5, 5.41) is 12.5. The Bertz CT molecular complexity index is 533. The molecule has 2 N–H and O–H groups in total. The highest BCUT2D eigenvalue weighted by Crippen LogP contribution is 2.35. The minimum Gasteiger partial charge on any atom is -0.478 e. The Kier molecular flexibility index (Phi) is 4.70. The predicted molar refractivity (Wildman–Crippen MR) is 77.0 cm³/mol. The first-order chi connectivity index (χ1) is 9.81. The molecule has 0 aliphatic heterocycles. The smallest absolute Gasteiger partial charge is 0.417 e. The van der Waals surface area contributed by atoms with Crippen LogP contribution in [0.2, 0.25) is 0 Å². The van der Waals surface area contributed by atoms with Crippen LogP contribution in [0.15, 0.2) is 18.2 Å². The van der Waals surface area contributed by atoms with E-state index < -0.39 is 23.3 Å². The first kappa shape index (κ1) is 16.0. The fourth-order valence-corrected chi connectivity index (χ4v) is 3.37. The number of halogens is 3. The maximum Gasteiger partial charge on any atom is 0.417 e. The van der Waals surface area contributed by atoms with Gasteiger partial charge in [0.25, 0.3) is 0 Å². The third kappa shape index (κ3) is 3.84. The summed E-state index contributed by atoms with van der Waals surface area (Å²) in [6, 6.07) is 3.43. The molecule has 116 valence electrons. The first-order valence-corrected chi connectivity index (χ1v) is 7.84. The molecule has 2 unspecified atom stereocenters. The van der Waals surface area contributed by atoms with Crippen molar-refractivity contribution >= 4 is 23.4 Å². The Morgan fingerprint density at radius 3 is 2.62 bits per heavy atom. The van der Waals surface area contributed by atoms with E-state index in [2.05, 4.69) is 5.32 Å². The lowest BCUT2D eigenvalue weighted by atomic mass is 10.1. The summed E-state index contributed by atoms with van der Waals surface area (Å²) in [5.74, 6) is -1.57. The Hall–Kier alpha value is -1.37. The summed E-state index contributed by atoms with van der Waals surface area (Å²) in [5.41, 5.74) is -1.51. The number of anilines is 1. The van der Waals surface area contributed by atoms with Gasteiger partial charge in [-0.25, -0.2) is 4.79 Å². The molecule has 0 bridgehead atoms. The lowest BCUT2D eigenvalue weighted by molar-refractivity contribution is -0.138. The maximum atomic E-state index is 12.9. The minimum absolute atomic E-state index is 0.138. The van der Waals surface area contributed by atoms with Crippen LogP contribution in [0.3, 0.4) is 0 Å². The van der Waals surface area contributed by atoms with Crippen molar-refractivity contribution in [3.63, 3.8) is 0 Å². The summed E-state index contributed by atoms with van der Waals surface area (Å²) in [4.78, 5) is 10.9. The molecule has 1 aliphatic carbocycles. The number of carboxylic acids is 1. The van der Waals surface area contributed by atoms with E-state index in [1.165, 1.54) is 6.07 Å². The van der Waals surface area contributed by atoms with E-state index in [9.17, 15) is 18.0 Å². The molecule has 1 saturated carbocycles. The molecule has 0 amide bonds. The van der Waals surface area contributed by atoms with Crippen molar-refractivity contribution in [1.82, 2.24) is 0 Å². The van der Waals surface area contributed by atoms with Gasteiger partial charge in [0.05, 0.1) is 11.1 Å². The van der Waals surface area contributed by atoms with Gasteiger partial charge in [-0.05, 0) is 43.7 Å². The highest BCUT2D eigenvalue weighted by molar-refractivity contribution is 7.99. The normalized spacial score (nSPS) is 22.3. The zero-order chi connectivity index (χ0) is 15.6. The van der Waals surface area contributed by atoms with Crippen LogP contribution in [0.4, 0.5) is 18.9 Å². The van der Waals surface area contributed by atoms with Gasteiger partial charge in [-0.1, -0.05) is 0 Å². The Morgan fingerprint density at radius 1 is 1.38 bits per heavy atom. The van der Waals surface area contributed by atoms with E-state index in [0.29, 0.717) is 10.9 Å². The van der Waals surface area contributed by atoms with Gasteiger partial charge in [-0.3, -0.25) is 0 Å².